The summed E-state index contributed by atoms with van der Waals surface area (Å²) < 4.78 is 44.3. The van der Waals surface area contributed by atoms with Crippen LogP contribution in [-0.4, -0.2) is 25.1 Å². The van der Waals surface area contributed by atoms with Gasteiger partial charge in [0.15, 0.2) is 0 Å². The van der Waals surface area contributed by atoms with Gasteiger partial charge in [-0.1, -0.05) is 47.0 Å². The molecular formula is C25H17Cl2FN2O4S2. The van der Waals surface area contributed by atoms with Gasteiger partial charge >= 0.3 is 0 Å². The smallest absolute Gasteiger partial charge is 0.297 e. The van der Waals surface area contributed by atoms with E-state index in [2.05, 4.69) is 11.1 Å². The van der Waals surface area contributed by atoms with Crippen molar-refractivity contribution in [2.75, 3.05) is 6.61 Å². The van der Waals surface area contributed by atoms with E-state index < -0.39 is 28.8 Å². The second-order valence-corrected chi connectivity index (χ2v) is 11.2. The first-order valence-electron chi connectivity index (χ1n) is 10.4. The third kappa shape index (κ3) is 5.44. The summed E-state index contributed by atoms with van der Waals surface area (Å²) in [5.41, 5.74) is 2.04. The van der Waals surface area contributed by atoms with Crippen molar-refractivity contribution in [2.24, 2.45) is 0 Å². The summed E-state index contributed by atoms with van der Waals surface area (Å²) in [4.78, 5) is 4.06. The topological polar surface area (TPSA) is 100 Å². The molecule has 0 aliphatic heterocycles. The van der Waals surface area contributed by atoms with Crippen LogP contribution in [0.4, 0.5) is 4.39 Å². The Hall–Kier alpha value is -2.84. The van der Waals surface area contributed by atoms with E-state index in [4.69, 9.17) is 27.4 Å². The molecule has 2 heterocycles. The van der Waals surface area contributed by atoms with E-state index in [1.807, 2.05) is 6.92 Å². The van der Waals surface area contributed by atoms with Crippen LogP contribution < -0.4 is 0 Å². The predicted molar refractivity (Wildman–Crippen MR) is 137 cm³/mol. The monoisotopic (exact) mass is 562 g/mol. The van der Waals surface area contributed by atoms with Crippen LogP contribution >= 0.6 is 34.5 Å². The van der Waals surface area contributed by atoms with Crippen LogP contribution in [0.15, 0.2) is 65.7 Å². The molecule has 11 heteroatoms. The Bertz CT molecular complexity index is 1580. The first-order valence-corrected chi connectivity index (χ1v) is 13.4. The van der Waals surface area contributed by atoms with Gasteiger partial charge in [-0.25, -0.2) is 4.98 Å². The summed E-state index contributed by atoms with van der Waals surface area (Å²) in [7, 11) is -4.16. The van der Waals surface area contributed by atoms with Crippen molar-refractivity contribution in [3.8, 4) is 27.6 Å². The zero-order valence-electron chi connectivity index (χ0n) is 18.6. The molecule has 4 rings (SSSR count). The molecule has 0 spiro atoms. The summed E-state index contributed by atoms with van der Waals surface area (Å²) >= 11 is 13.5. The standard InChI is InChI=1S/C25H17Cl2FN2O4S2/c1-14-2-5-17(6-3-14)36(32,33)34-13-21(31)25-23(18-7-4-16(26)11-20(18)27)19(12-29)24(35-25)15-8-9-30-22(28)10-15/h2-11,21,31H,13H2,1H3. The zero-order chi connectivity index (χ0) is 26.0. The van der Waals surface area contributed by atoms with Crippen molar-refractivity contribution in [3.05, 3.63) is 92.8 Å². The van der Waals surface area contributed by atoms with Crippen molar-refractivity contribution in [1.82, 2.24) is 4.98 Å². The molecule has 0 aliphatic carbocycles. The van der Waals surface area contributed by atoms with E-state index in [1.165, 1.54) is 30.5 Å². The lowest BCUT2D eigenvalue weighted by Crippen LogP contribution is -2.13. The zero-order valence-corrected chi connectivity index (χ0v) is 21.7. The maximum Gasteiger partial charge on any atom is 0.297 e. The molecule has 1 unspecified atom stereocenters. The highest BCUT2D eigenvalue weighted by atomic mass is 35.5. The van der Waals surface area contributed by atoms with E-state index in [0.717, 1.165) is 23.0 Å². The Morgan fingerprint density at radius 1 is 1.17 bits per heavy atom. The minimum atomic E-state index is -4.16. The predicted octanol–water partition coefficient (Wildman–Crippen LogP) is 6.54. The molecule has 36 heavy (non-hydrogen) atoms. The minimum absolute atomic E-state index is 0.0573. The maximum atomic E-state index is 13.9. The van der Waals surface area contributed by atoms with Gasteiger partial charge in [0.2, 0.25) is 5.95 Å². The second-order valence-electron chi connectivity index (χ2n) is 7.72. The molecule has 0 aliphatic rings. The number of pyridine rings is 1. The fourth-order valence-electron chi connectivity index (χ4n) is 3.50. The van der Waals surface area contributed by atoms with E-state index in [1.54, 1.807) is 24.3 Å². The van der Waals surface area contributed by atoms with E-state index >= 15 is 0 Å². The van der Waals surface area contributed by atoms with E-state index in [-0.39, 0.29) is 25.9 Å². The first kappa shape index (κ1) is 26.2. The molecule has 0 saturated carbocycles. The maximum absolute atomic E-state index is 13.9. The molecule has 6 nitrogen and oxygen atoms in total. The number of nitriles is 1. The van der Waals surface area contributed by atoms with E-state index in [0.29, 0.717) is 21.0 Å². The van der Waals surface area contributed by atoms with Gasteiger partial charge in [0.05, 0.1) is 21.9 Å². The van der Waals surface area contributed by atoms with E-state index in [9.17, 15) is 23.2 Å². The molecular weight excluding hydrogens is 546 g/mol. The van der Waals surface area contributed by atoms with Crippen LogP contribution in [0.5, 0.6) is 0 Å². The number of nitrogens with zero attached hydrogens (tertiary/aromatic N) is 2. The Morgan fingerprint density at radius 3 is 2.53 bits per heavy atom. The Kier molecular flexibility index (Phi) is 7.76. The summed E-state index contributed by atoms with van der Waals surface area (Å²) in [6.45, 7) is 1.20. The molecule has 0 saturated heterocycles. The van der Waals surface area contributed by atoms with Crippen LogP contribution in [0.3, 0.4) is 0 Å². The van der Waals surface area contributed by atoms with Crippen molar-refractivity contribution in [1.29, 1.82) is 5.26 Å². The molecule has 184 valence electrons. The van der Waals surface area contributed by atoms with Gasteiger partial charge in [0, 0.05) is 38.3 Å². The van der Waals surface area contributed by atoms with Gasteiger partial charge in [-0.15, -0.1) is 11.3 Å². The van der Waals surface area contributed by atoms with Crippen LogP contribution in [-0.2, 0) is 14.3 Å². The minimum Gasteiger partial charge on any atom is -0.385 e. The SMILES string of the molecule is Cc1ccc(S(=O)(=O)OCC(O)c2sc(-c3ccnc(F)c3)c(C#N)c2-c2ccc(Cl)cc2Cl)cc1. The largest absolute Gasteiger partial charge is 0.385 e. The molecule has 1 atom stereocenters. The van der Waals surface area contributed by atoms with Gasteiger partial charge in [0.1, 0.15) is 12.2 Å². The molecule has 0 amide bonds. The third-order valence-electron chi connectivity index (χ3n) is 5.23. The average Bonchev–Trinajstić information content (AvgIpc) is 3.22. The van der Waals surface area contributed by atoms with Crippen molar-refractivity contribution in [3.63, 3.8) is 0 Å². The Morgan fingerprint density at radius 2 is 1.89 bits per heavy atom. The normalized spacial score (nSPS) is 12.3. The lowest BCUT2D eigenvalue weighted by Gasteiger charge is -2.14. The second kappa shape index (κ2) is 10.6. The first-order chi connectivity index (χ1) is 17.1. The number of aryl methyl sites for hydroxylation is 1. The highest BCUT2D eigenvalue weighted by Crippen LogP contribution is 2.47. The number of aliphatic hydroxyl groups excluding tert-OH is 1. The quantitative estimate of drug-likeness (QED) is 0.202. The molecule has 4 aromatic rings. The number of hydrogen-bond donors (Lipinski definition) is 1. The fraction of sp³-hybridized carbons (Fsp3) is 0.120. The third-order valence-corrected chi connectivity index (χ3v) is 8.41. The summed E-state index contributed by atoms with van der Waals surface area (Å²) in [5, 5.41) is 21.7. The molecule has 1 N–H and O–H groups in total. The summed E-state index contributed by atoms with van der Waals surface area (Å²) in [5.74, 6) is -0.745. The van der Waals surface area contributed by atoms with Crippen molar-refractivity contribution >= 4 is 44.7 Å². The lowest BCUT2D eigenvalue weighted by atomic mass is 9.97. The molecule has 0 radical (unpaired) electrons. The van der Waals surface area contributed by atoms with Gasteiger partial charge in [-0.3, -0.25) is 4.18 Å². The van der Waals surface area contributed by atoms with Gasteiger partial charge in [-0.05, 0) is 42.8 Å². The Labute approximate surface area is 221 Å². The molecule has 2 aromatic heterocycles. The van der Waals surface area contributed by atoms with Crippen LogP contribution in [0.1, 0.15) is 22.1 Å². The molecule has 0 fully saturated rings. The number of rotatable bonds is 7. The fourth-order valence-corrected chi connectivity index (χ4v) is 6.15. The number of halogens is 3. The number of thiophene rings is 1. The number of benzene rings is 2. The van der Waals surface area contributed by atoms with Gasteiger partial charge in [-0.2, -0.15) is 18.1 Å². The summed E-state index contributed by atoms with van der Waals surface area (Å²) in [6, 6.07) is 15.5. The number of aromatic nitrogens is 1. The van der Waals surface area contributed by atoms with Crippen LogP contribution in [0.2, 0.25) is 10.0 Å². The van der Waals surface area contributed by atoms with Crippen molar-refractivity contribution in [2.45, 2.75) is 17.9 Å². The van der Waals surface area contributed by atoms with Crippen LogP contribution in [0.25, 0.3) is 21.6 Å². The van der Waals surface area contributed by atoms with Crippen LogP contribution in [0, 0.1) is 24.2 Å². The van der Waals surface area contributed by atoms with Gasteiger partial charge < -0.3 is 5.11 Å². The Balaban J connectivity index is 1.79. The van der Waals surface area contributed by atoms with Gasteiger partial charge in [0.25, 0.3) is 10.1 Å². The highest BCUT2D eigenvalue weighted by molar-refractivity contribution is 7.86. The molecule has 0 bridgehead atoms. The summed E-state index contributed by atoms with van der Waals surface area (Å²) in [6.07, 6.45) is -0.196. The highest BCUT2D eigenvalue weighted by Gasteiger charge is 2.28. The lowest BCUT2D eigenvalue weighted by molar-refractivity contribution is 0.114. The number of hydrogen-bond acceptors (Lipinski definition) is 7. The molecule has 2 aromatic carbocycles. The average molecular weight is 563 g/mol. The van der Waals surface area contributed by atoms with Crippen molar-refractivity contribution < 1.29 is 22.1 Å². The number of aliphatic hydroxyl groups is 1.